The summed E-state index contributed by atoms with van der Waals surface area (Å²) in [5, 5.41) is 1.18. The molecule has 0 spiro atoms. The summed E-state index contributed by atoms with van der Waals surface area (Å²) in [6.07, 6.45) is 1.90. The molecule has 0 fully saturated rings. The van der Waals surface area contributed by atoms with Crippen molar-refractivity contribution in [3.63, 3.8) is 0 Å². The number of pyridine rings is 1. The number of hydrogen-bond acceptors (Lipinski definition) is 3. The Labute approximate surface area is 115 Å². The number of aromatic nitrogens is 1. The lowest BCUT2D eigenvalue weighted by atomic mass is 9.95. The number of benzene rings is 1. The predicted octanol–water partition coefficient (Wildman–Crippen LogP) is 3.18. The molecule has 1 aromatic heterocycles. The van der Waals surface area contributed by atoms with Gasteiger partial charge in [-0.1, -0.05) is 39.0 Å². The van der Waals surface area contributed by atoms with E-state index in [1.54, 1.807) is 0 Å². The molecule has 0 saturated heterocycles. The zero-order valence-corrected chi connectivity index (χ0v) is 12.3. The van der Waals surface area contributed by atoms with Gasteiger partial charge in [0.25, 0.3) is 0 Å². The van der Waals surface area contributed by atoms with Crippen LogP contribution < -0.4 is 10.6 Å². The standard InChI is InChI=1S/C16H23N3/c1-16(2,3)11-19(4)15-12(9-17)10-18-14-8-6-5-7-13(14)15/h5-8,10H,9,11,17H2,1-4H3. The lowest BCUT2D eigenvalue weighted by Crippen LogP contribution is -2.30. The number of para-hydroxylation sites is 1. The summed E-state index contributed by atoms with van der Waals surface area (Å²) in [7, 11) is 2.13. The van der Waals surface area contributed by atoms with Crippen LogP contribution in [0.15, 0.2) is 30.5 Å². The Kier molecular flexibility index (Phi) is 3.76. The Hall–Kier alpha value is -1.61. The number of rotatable bonds is 3. The van der Waals surface area contributed by atoms with Gasteiger partial charge in [0.05, 0.1) is 11.2 Å². The fourth-order valence-corrected chi connectivity index (χ4v) is 2.56. The minimum absolute atomic E-state index is 0.241. The molecule has 0 amide bonds. The van der Waals surface area contributed by atoms with E-state index in [1.165, 1.54) is 11.1 Å². The minimum Gasteiger partial charge on any atom is -0.373 e. The molecule has 0 atom stereocenters. The topological polar surface area (TPSA) is 42.1 Å². The maximum Gasteiger partial charge on any atom is 0.0723 e. The number of hydrogen-bond donors (Lipinski definition) is 1. The van der Waals surface area contributed by atoms with E-state index < -0.39 is 0 Å². The van der Waals surface area contributed by atoms with Crippen molar-refractivity contribution in [2.45, 2.75) is 27.3 Å². The zero-order valence-electron chi connectivity index (χ0n) is 12.3. The lowest BCUT2D eigenvalue weighted by molar-refractivity contribution is 0.419. The van der Waals surface area contributed by atoms with E-state index in [9.17, 15) is 0 Å². The van der Waals surface area contributed by atoms with Gasteiger partial charge in [-0.2, -0.15) is 0 Å². The van der Waals surface area contributed by atoms with Gasteiger partial charge in [0.2, 0.25) is 0 Å². The molecule has 19 heavy (non-hydrogen) atoms. The Balaban J connectivity index is 2.55. The van der Waals surface area contributed by atoms with Gasteiger partial charge in [-0.15, -0.1) is 0 Å². The second-order valence-electron chi connectivity index (χ2n) is 6.27. The van der Waals surface area contributed by atoms with E-state index in [-0.39, 0.29) is 5.41 Å². The normalized spacial score (nSPS) is 11.8. The van der Waals surface area contributed by atoms with Gasteiger partial charge in [-0.05, 0) is 11.5 Å². The van der Waals surface area contributed by atoms with Crippen molar-refractivity contribution in [2.75, 3.05) is 18.5 Å². The van der Waals surface area contributed by atoms with Gasteiger partial charge >= 0.3 is 0 Å². The Morgan fingerprint density at radius 2 is 1.89 bits per heavy atom. The highest BCUT2D eigenvalue weighted by Gasteiger charge is 2.18. The van der Waals surface area contributed by atoms with Crippen LogP contribution in [0.5, 0.6) is 0 Å². The minimum atomic E-state index is 0.241. The van der Waals surface area contributed by atoms with E-state index in [2.05, 4.69) is 49.8 Å². The Morgan fingerprint density at radius 3 is 2.53 bits per heavy atom. The van der Waals surface area contributed by atoms with Crippen LogP contribution in [0.3, 0.4) is 0 Å². The molecule has 102 valence electrons. The summed E-state index contributed by atoms with van der Waals surface area (Å²) >= 11 is 0. The third kappa shape index (κ3) is 3.04. The van der Waals surface area contributed by atoms with Crippen LogP contribution in [0.2, 0.25) is 0 Å². The number of nitrogens with two attached hydrogens (primary N) is 1. The number of nitrogens with zero attached hydrogens (tertiary/aromatic N) is 2. The molecule has 2 aromatic rings. The van der Waals surface area contributed by atoms with Gasteiger partial charge in [0.1, 0.15) is 0 Å². The van der Waals surface area contributed by atoms with Crippen LogP contribution in [0, 0.1) is 5.41 Å². The summed E-state index contributed by atoms with van der Waals surface area (Å²) in [6, 6.07) is 8.24. The number of fused-ring (bicyclic) bond motifs is 1. The van der Waals surface area contributed by atoms with Crippen LogP contribution >= 0.6 is 0 Å². The van der Waals surface area contributed by atoms with E-state index in [4.69, 9.17) is 5.73 Å². The molecule has 0 aliphatic rings. The molecule has 3 heteroatoms. The molecular weight excluding hydrogens is 234 g/mol. The van der Waals surface area contributed by atoms with Crippen molar-refractivity contribution < 1.29 is 0 Å². The van der Waals surface area contributed by atoms with Gasteiger partial charge < -0.3 is 10.6 Å². The molecule has 0 bridgehead atoms. The SMILES string of the molecule is CN(CC(C)(C)C)c1c(CN)cnc2ccccc12. The summed E-state index contributed by atoms with van der Waals surface area (Å²) in [4.78, 5) is 6.78. The first-order valence-corrected chi connectivity index (χ1v) is 6.70. The maximum absolute atomic E-state index is 5.88. The van der Waals surface area contributed by atoms with E-state index in [0.717, 1.165) is 17.6 Å². The third-order valence-corrected chi connectivity index (χ3v) is 3.14. The Morgan fingerprint density at radius 1 is 1.21 bits per heavy atom. The smallest absolute Gasteiger partial charge is 0.0723 e. The van der Waals surface area contributed by atoms with Crippen LogP contribution in [-0.4, -0.2) is 18.6 Å². The molecule has 0 aliphatic carbocycles. The quantitative estimate of drug-likeness (QED) is 0.918. The average Bonchev–Trinajstić information content (AvgIpc) is 2.35. The van der Waals surface area contributed by atoms with E-state index in [0.29, 0.717) is 6.54 Å². The molecular formula is C16H23N3. The van der Waals surface area contributed by atoms with Crippen molar-refractivity contribution >= 4 is 16.6 Å². The van der Waals surface area contributed by atoms with Crippen molar-refractivity contribution in [3.8, 4) is 0 Å². The summed E-state index contributed by atoms with van der Waals surface area (Å²) < 4.78 is 0. The van der Waals surface area contributed by atoms with Crippen LogP contribution in [0.1, 0.15) is 26.3 Å². The summed E-state index contributed by atoms with van der Waals surface area (Å²) in [5.74, 6) is 0. The first-order valence-electron chi connectivity index (χ1n) is 6.70. The predicted molar refractivity (Wildman–Crippen MR) is 82.4 cm³/mol. The van der Waals surface area contributed by atoms with Crippen molar-refractivity contribution in [2.24, 2.45) is 11.1 Å². The summed E-state index contributed by atoms with van der Waals surface area (Å²) in [5.41, 5.74) is 9.45. The highest BCUT2D eigenvalue weighted by molar-refractivity contribution is 5.93. The molecule has 1 aromatic carbocycles. The molecule has 0 unspecified atom stereocenters. The molecule has 2 rings (SSSR count). The van der Waals surface area contributed by atoms with Gasteiger partial charge in [0, 0.05) is 37.3 Å². The molecule has 0 radical (unpaired) electrons. The van der Waals surface area contributed by atoms with Gasteiger partial charge in [0.15, 0.2) is 0 Å². The molecule has 2 N–H and O–H groups in total. The van der Waals surface area contributed by atoms with E-state index in [1.807, 2.05) is 18.3 Å². The first kappa shape index (κ1) is 13.8. The van der Waals surface area contributed by atoms with Crippen molar-refractivity contribution in [1.82, 2.24) is 4.98 Å². The van der Waals surface area contributed by atoms with Crippen molar-refractivity contribution in [1.29, 1.82) is 0 Å². The fraction of sp³-hybridized carbons (Fsp3) is 0.438. The monoisotopic (exact) mass is 257 g/mol. The van der Waals surface area contributed by atoms with Crippen LogP contribution in [0.4, 0.5) is 5.69 Å². The first-order chi connectivity index (χ1) is 8.92. The van der Waals surface area contributed by atoms with Crippen LogP contribution in [-0.2, 0) is 6.54 Å². The largest absolute Gasteiger partial charge is 0.373 e. The summed E-state index contributed by atoms with van der Waals surface area (Å²) in [6.45, 7) is 8.23. The van der Waals surface area contributed by atoms with E-state index >= 15 is 0 Å². The highest BCUT2D eigenvalue weighted by Crippen LogP contribution is 2.30. The Bertz CT molecular complexity index is 570. The van der Waals surface area contributed by atoms with Crippen LogP contribution in [0.25, 0.3) is 10.9 Å². The van der Waals surface area contributed by atoms with Crippen molar-refractivity contribution in [3.05, 3.63) is 36.0 Å². The zero-order chi connectivity index (χ0) is 14.0. The lowest BCUT2D eigenvalue weighted by Gasteiger charge is -2.30. The molecule has 0 aliphatic heterocycles. The fourth-order valence-electron chi connectivity index (χ4n) is 2.56. The maximum atomic E-state index is 5.88. The number of anilines is 1. The third-order valence-electron chi connectivity index (χ3n) is 3.14. The van der Waals surface area contributed by atoms with Gasteiger partial charge in [-0.25, -0.2) is 0 Å². The second kappa shape index (κ2) is 5.17. The molecule has 1 heterocycles. The second-order valence-corrected chi connectivity index (χ2v) is 6.27. The molecule has 0 saturated carbocycles. The highest BCUT2D eigenvalue weighted by atomic mass is 15.1. The van der Waals surface area contributed by atoms with Gasteiger partial charge in [-0.3, -0.25) is 4.98 Å². The average molecular weight is 257 g/mol. The molecule has 3 nitrogen and oxygen atoms in total.